The molecule has 4 nitrogen and oxygen atoms in total. The Kier molecular flexibility index (Phi) is 4.44. The van der Waals surface area contributed by atoms with E-state index in [0.29, 0.717) is 11.4 Å². The van der Waals surface area contributed by atoms with E-state index < -0.39 is 9.84 Å². The molecule has 0 fully saturated rings. The van der Waals surface area contributed by atoms with Crippen molar-refractivity contribution < 1.29 is 8.42 Å². The molecule has 0 unspecified atom stereocenters. The number of hydrogen-bond acceptors (Lipinski definition) is 4. The van der Waals surface area contributed by atoms with Crippen molar-refractivity contribution >= 4 is 27.4 Å². The molecule has 120 valence electrons. The van der Waals surface area contributed by atoms with Crippen molar-refractivity contribution in [3.63, 3.8) is 0 Å². The number of nitrogen functional groups attached to an aromatic ring is 1. The van der Waals surface area contributed by atoms with Crippen LogP contribution in [0.1, 0.15) is 5.56 Å². The predicted octanol–water partition coefficient (Wildman–Crippen LogP) is 3.85. The molecule has 0 spiro atoms. The van der Waals surface area contributed by atoms with Gasteiger partial charge in [0.15, 0.2) is 0 Å². The molecule has 0 heterocycles. The number of rotatable bonds is 4. The number of anilines is 1. The average Bonchev–Trinajstić information content (AvgIpc) is 2.61. The summed E-state index contributed by atoms with van der Waals surface area (Å²) in [5.74, 6) is 0. The van der Waals surface area contributed by atoms with Gasteiger partial charge in [-0.05, 0) is 54.1 Å². The van der Waals surface area contributed by atoms with Crippen molar-refractivity contribution in [3.05, 3.63) is 84.4 Å². The standard InChI is InChI=1S/C19H16N2O2S/c20-16-6-10-18(11-7-16)24(22,23)19-12-8-17(9-13-19)21-14-15-4-2-1-3-5-15/h1-14H,20H2. The van der Waals surface area contributed by atoms with Crippen LogP contribution in [0.5, 0.6) is 0 Å². The summed E-state index contributed by atoms with van der Waals surface area (Å²) in [4.78, 5) is 4.80. The zero-order valence-electron chi connectivity index (χ0n) is 12.8. The van der Waals surface area contributed by atoms with Gasteiger partial charge in [-0.25, -0.2) is 8.42 Å². The fourth-order valence-electron chi connectivity index (χ4n) is 2.18. The van der Waals surface area contributed by atoms with Crippen LogP contribution in [0.3, 0.4) is 0 Å². The van der Waals surface area contributed by atoms with Gasteiger partial charge < -0.3 is 5.73 Å². The zero-order chi connectivity index (χ0) is 17.0. The van der Waals surface area contributed by atoms with E-state index in [2.05, 4.69) is 4.99 Å². The van der Waals surface area contributed by atoms with Crippen LogP contribution in [0.15, 0.2) is 93.6 Å². The molecular formula is C19H16N2O2S. The molecule has 3 rings (SSSR count). The monoisotopic (exact) mass is 336 g/mol. The molecule has 0 aromatic heterocycles. The molecule has 0 aliphatic rings. The van der Waals surface area contributed by atoms with Gasteiger partial charge in [-0.1, -0.05) is 30.3 Å². The third-order valence-electron chi connectivity index (χ3n) is 3.50. The molecule has 0 saturated heterocycles. The second-order valence-electron chi connectivity index (χ2n) is 5.24. The maximum Gasteiger partial charge on any atom is 0.206 e. The van der Waals surface area contributed by atoms with Crippen LogP contribution >= 0.6 is 0 Å². The lowest BCUT2D eigenvalue weighted by Gasteiger charge is -2.05. The van der Waals surface area contributed by atoms with Gasteiger partial charge >= 0.3 is 0 Å². The number of sulfone groups is 1. The Morgan fingerprint density at radius 3 is 1.88 bits per heavy atom. The van der Waals surface area contributed by atoms with E-state index in [4.69, 9.17) is 5.73 Å². The molecule has 2 N–H and O–H groups in total. The van der Waals surface area contributed by atoms with Gasteiger partial charge in [-0.3, -0.25) is 4.99 Å². The number of nitrogens with two attached hydrogens (primary N) is 1. The molecule has 0 saturated carbocycles. The fourth-order valence-corrected chi connectivity index (χ4v) is 3.44. The minimum Gasteiger partial charge on any atom is -0.399 e. The Morgan fingerprint density at radius 1 is 0.750 bits per heavy atom. The van der Waals surface area contributed by atoms with Crippen molar-refractivity contribution in [2.24, 2.45) is 4.99 Å². The summed E-state index contributed by atoms with van der Waals surface area (Å²) >= 11 is 0. The first-order chi connectivity index (χ1) is 11.6. The smallest absolute Gasteiger partial charge is 0.206 e. The van der Waals surface area contributed by atoms with Crippen LogP contribution in [0.25, 0.3) is 0 Å². The number of hydrogen-bond donors (Lipinski definition) is 1. The van der Waals surface area contributed by atoms with Gasteiger partial charge in [0.05, 0.1) is 15.5 Å². The van der Waals surface area contributed by atoms with Crippen molar-refractivity contribution in [1.82, 2.24) is 0 Å². The first kappa shape index (κ1) is 16.0. The second-order valence-corrected chi connectivity index (χ2v) is 7.18. The van der Waals surface area contributed by atoms with Crippen LogP contribution in [-0.2, 0) is 9.84 Å². The van der Waals surface area contributed by atoms with Gasteiger partial charge in [0.1, 0.15) is 0 Å². The minimum absolute atomic E-state index is 0.220. The van der Waals surface area contributed by atoms with Gasteiger partial charge in [0, 0.05) is 11.9 Å². The van der Waals surface area contributed by atoms with Gasteiger partial charge in [-0.15, -0.1) is 0 Å². The highest BCUT2D eigenvalue weighted by atomic mass is 32.2. The topological polar surface area (TPSA) is 72.5 Å². The summed E-state index contributed by atoms with van der Waals surface area (Å²) in [6.07, 6.45) is 1.74. The highest BCUT2D eigenvalue weighted by Gasteiger charge is 2.17. The van der Waals surface area contributed by atoms with Gasteiger partial charge in [0.25, 0.3) is 0 Å². The van der Waals surface area contributed by atoms with Crippen LogP contribution < -0.4 is 5.73 Å². The lowest BCUT2D eigenvalue weighted by atomic mass is 10.2. The second kappa shape index (κ2) is 6.68. The summed E-state index contributed by atoms with van der Waals surface area (Å²) in [5.41, 5.74) is 7.80. The van der Waals surface area contributed by atoms with Crippen LogP contribution in [-0.4, -0.2) is 14.6 Å². The van der Waals surface area contributed by atoms with Gasteiger partial charge in [-0.2, -0.15) is 0 Å². The summed E-state index contributed by atoms with van der Waals surface area (Å²) in [7, 11) is -3.55. The molecule has 0 atom stereocenters. The molecule has 24 heavy (non-hydrogen) atoms. The Bertz CT molecular complexity index is 947. The lowest BCUT2D eigenvalue weighted by Crippen LogP contribution is -2.01. The summed E-state index contributed by atoms with van der Waals surface area (Å²) < 4.78 is 25.1. The van der Waals surface area contributed by atoms with Crippen molar-refractivity contribution in [2.75, 3.05) is 5.73 Å². The lowest BCUT2D eigenvalue weighted by molar-refractivity contribution is 0.596. The van der Waals surface area contributed by atoms with E-state index in [0.717, 1.165) is 5.56 Å². The highest BCUT2D eigenvalue weighted by molar-refractivity contribution is 7.91. The predicted molar refractivity (Wildman–Crippen MR) is 96.4 cm³/mol. The molecular weight excluding hydrogens is 320 g/mol. The molecule has 3 aromatic rings. The Morgan fingerprint density at radius 2 is 1.29 bits per heavy atom. The largest absolute Gasteiger partial charge is 0.399 e. The molecule has 0 aliphatic carbocycles. The van der Waals surface area contributed by atoms with E-state index in [1.165, 1.54) is 12.1 Å². The van der Waals surface area contributed by atoms with Crippen LogP contribution in [0.4, 0.5) is 11.4 Å². The molecule has 0 aliphatic heterocycles. The number of nitrogens with zero attached hydrogens (tertiary/aromatic N) is 1. The average molecular weight is 336 g/mol. The summed E-state index contributed by atoms with van der Waals surface area (Å²) in [6.45, 7) is 0. The van der Waals surface area contributed by atoms with Crippen molar-refractivity contribution in [1.29, 1.82) is 0 Å². The van der Waals surface area contributed by atoms with Crippen LogP contribution in [0.2, 0.25) is 0 Å². The number of benzene rings is 3. The molecule has 5 heteroatoms. The quantitative estimate of drug-likeness (QED) is 0.581. The maximum absolute atomic E-state index is 12.6. The number of aliphatic imine (C=N–C) groups is 1. The molecule has 0 radical (unpaired) electrons. The third-order valence-corrected chi connectivity index (χ3v) is 5.29. The zero-order valence-corrected chi connectivity index (χ0v) is 13.6. The van der Waals surface area contributed by atoms with E-state index in [9.17, 15) is 8.42 Å². The normalized spacial score (nSPS) is 11.7. The first-order valence-electron chi connectivity index (χ1n) is 7.35. The van der Waals surface area contributed by atoms with Crippen molar-refractivity contribution in [2.45, 2.75) is 9.79 Å². The maximum atomic E-state index is 12.6. The van der Waals surface area contributed by atoms with E-state index in [-0.39, 0.29) is 9.79 Å². The third kappa shape index (κ3) is 3.52. The SMILES string of the molecule is Nc1ccc(S(=O)(=O)c2ccc(N=Cc3ccccc3)cc2)cc1. The Hall–Kier alpha value is -2.92. The van der Waals surface area contributed by atoms with Crippen molar-refractivity contribution in [3.8, 4) is 0 Å². The summed E-state index contributed by atoms with van der Waals surface area (Å²) in [6, 6.07) is 22.4. The Balaban J connectivity index is 1.84. The minimum atomic E-state index is -3.55. The van der Waals surface area contributed by atoms with E-state index in [1.807, 2.05) is 30.3 Å². The van der Waals surface area contributed by atoms with Crippen LogP contribution in [0, 0.1) is 0 Å². The molecule has 3 aromatic carbocycles. The fraction of sp³-hybridized carbons (Fsp3) is 0. The van der Waals surface area contributed by atoms with Gasteiger partial charge in [0.2, 0.25) is 9.84 Å². The van der Waals surface area contributed by atoms with E-state index >= 15 is 0 Å². The Labute approximate surface area is 141 Å². The van der Waals surface area contributed by atoms with E-state index in [1.54, 1.807) is 42.6 Å². The molecule has 0 bridgehead atoms. The highest BCUT2D eigenvalue weighted by Crippen LogP contribution is 2.24. The molecule has 0 amide bonds. The first-order valence-corrected chi connectivity index (χ1v) is 8.84. The summed E-state index contributed by atoms with van der Waals surface area (Å²) in [5, 5.41) is 0.